The quantitative estimate of drug-likeness (QED) is 0.896. The molecule has 0 spiro atoms. The van der Waals surface area contributed by atoms with E-state index < -0.39 is 0 Å². The summed E-state index contributed by atoms with van der Waals surface area (Å²) in [5, 5.41) is 2.87. The van der Waals surface area contributed by atoms with Gasteiger partial charge in [0.1, 0.15) is 0 Å². The highest BCUT2D eigenvalue weighted by molar-refractivity contribution is 9.10. The first-order valence-electron chi connectivity index (χ1n) is 6.94. The lowest BCUT2D eigenvalue weighted by Crippen LogP contribution is -2.29. The summed E-state index contributed by atoms with van der Waals surface area (Å²) >= 11 is 3.35. The van der Waals surface area contributed by atoms with E-state index in [0.717, 1.165) is 29.5 Å². The van der Waals surface area contributed by atoms with E-state index in [1.54, 1.807) is 4.90 Å². The van der Waals surface area contributed by atoms with Crippen molar-refractivity contribution in [1.82, 2.24) is 4.90 Å². The molecule has 1 saturated heterocycles. The molecule has 1 heterocycles. The molecule has 1 aliphatic heterocycles. The SMILES string of the molecule is CCCCN1CC(C(=O)Nc2ccc(Br)cc2)CC1=O. The van der Waals surface area contributed by atoms with Crippen LogP contribution in [0.2, 0.25) is 0 Å². The van der Waals surface area contributed by atoms with Crippen LogP contribution >= 0.6 is 15.9 Å². The number of nitrogens with one attached hydrogen (secondary N) is 1. The molecule has 0 aliphatic carbocycles. The second kappa shape index (κ2) is 6.88. The third-order valence-electron chi connectivity index (χ3n) is 3.48. The maximum absolute atomic E-state index is 12.2. The molecule has 1 aromatic carbocycles. The number of hydrogen-bond donors (Lipinski definition) is 1. The summed E-state index contributed by atoms with van der Waals surface area (Å²) in [6, 6.07) is 7.44. The molecule has 2 amide bonds. The highest BCUT2D eigenvalue weighted by atomic mass is 79.9. The lowest BCUT2D eigenvalue weighted by Gasteiger charge is -2.15. The number of hydrogen-bond acceptors (Lipinski definition) is 2. The lowest BCUT2D eigenvalue weighted by molar-refractivity contribution is -0.128. The normalized spacial score (nSPS) is 18.4. The highest BCUT2D eigenvalue weighted by Crippen LogP contribution is 2.21. The number of rotatable bonds is 5. The monoisotopic (exact) mass is 338 g/mol. The van der Waals surface area contributed by atoms with E-state index in [1.165, 1.54) is 0 Å². The molecule has 1 unspecified atom stereocenters. The van der Waals surface area contributed by atoms with Crippen molar-refractivity contribution < 1.29 is 9.59 Å². The van der Waals surface area contributed by atoms with Gasteiger partial charge in [-0.2, -0.15) is 0 Å². The Morgan fingerprint density at radius 2 is 2.10 bits per heavy atom. The zero-order valence-corrected chi connectivity index (χ0v) is 13.1. The maximum atomic E-state index is 12.2. The number of carbonyl (C=O) groups excluding carboxylic acids is 2. The van der Waals surface area contributed by atoms with E-state index in [4.69, 9.17) is 0 Å². The molecule has 1 aromatic rings. The number of nitrogens with zero attached hydrogens (tertiary/aromatic N) is 1. The number of unbranched alkanes of at least 4 members (excludes halogenated alkanes) is 1. The Balaban J connectivity index is 1.90. The molecule has 5 heteroatoms. The second-order valence-corrected chi connectivity index (χ2v) is 6.01. The molecular formula is C15H19BrN2O2. The largest absolute Gasteiger partial charge is 0.342 e. The first-order valence-corrected chi connectivity index (χ1v) is 7.73. The van der Waals surface area contributed by atoms with Crippen LogP contribution in [-0.2, 0) is 9.59 Å². The summed E-state index contributed by atoms with van der Waals surface area (Å²) in [4.78, 5) is 25.8. The van der Waals surface area contributed by atoms with Crippen molar-refractivity contribution in [1.29, 1.82) is 0 Å². The van der Waals surface area contributed by atoms with Gasteiger partial charge in [0.15, 0.2) is 0 Å². The summed E-state index contributed by atoms with van der Waals surface area (Å²) in [5.41, 5.74) is 0.762. The summed E-state index contributed by atoms with van der Waals surface area (Å²) in [5.74, 6) is -0.211. The van der Waals surface area contributed by atoms with Gasteiger partial charge >= 0.3 is 0 Å². The molecule has 108 valence electrons. The van der Waals surface area contributed by atoms with Gasteiger partial charge in [0.25, 0.3) is 0 Å². The Kier molecular flexibility index (Phi) is 5.17. The van der Waals surface area contributed by atoms with Crippen LogP contribution in [0.5, 0.6) is 0 Å². The van der Waals surface area contributed by atoms with E-state index in [0.29, 0.717) is 13.0 Å². The molecule has 1 atom stereocenters. The van der Waals surface area contributed by atoms with Crippen LogP contribution in [0, 0.1) is 5.92 Å². The minimum Gasteiger partial charge on any atom is -0.342 e. The van der Waals surface area contributed by atoms with Gasteiger partial charge in [-0.05, 0) is 30.7 Å². The average molecular weight is 339 g/mol. The van der Waals surface area contributed by atoms with Crippen molar-refractivity contribution in [3.05, 3.63) is 28.7 Å². The molecule has 2 rings (SSSR count). The Morgan fingerprint density at radius 1 is 1.40 bits per heavy atom. The van der Waals surface area contributed by atoms with E-state index in [2.05, 4.69) is 28.2 Å². The fourth-order valence-corrected chi connectivity index (χ4v) is 2.55. The smallest absolute Gasteiger partial charge is 0.229 e. The van der Waals surface area contributed by atoms with E-state index >= 15 is 0 Å². The van der Waals surface area contributed by atoms with Gasteiger partial charge in [0, 0.05) is 29.7 Å². The van der Waals surface area contributed by atoms with Crippen LogP contribution in [0.25, 0.3) is 0 Å². The Labute approximate surface area is 127 Å². The Hall–Kier alpha value is -1.36. The van der Waals surface area contributed by atoms with Gasteiger partial charge in [-0.3, -0.25) is 9.59 Å². The molecule has 0 bridgehead atoms. The zero-order chi connectivity index (χ0) is 14.5. The molecule has 1 fully saturated rings. The van der Waals surface area contributed by atoms with E-state index in [1.807, 2.05) is 24.3 Å². The maximum Gasteiger partial charge on any atom is 0.229 e. The standard InChI is InChI=1S/C15H19BrN2O2/c1-2-3-8-18-10-11(9-14(18)19)15(20)17-13-6-4-12(16)5-7-13/h4-7,11H,2-3,8-10H2,1H3,(H,17,20). The first-order chi connectivity index (χ1) is 9.60. The molecule has 0 radical (unpaired) electrons. The summed E-state index contributed by atoms with van der Waals surface area (Å²) < 4.78 is 0.970. The molecule has 1 N–H and O–H groups in total. The van der Waals surface area contributed by atoms with Crippen molar-refractivity contribution in [2.75, 3.05) is 18.4 Å². The fraction of sp³-hybridized carbons (Fsp3) is 0.467. The Morgan fingerprint density at radius 3 is 2.75 bits per heavy atom. The summed E-state index contributed by atoms with van der Waals surface area (Å²) in [6.07, 6.45) is 2.37. The van der Waals surface area contributed by atoms with Crippen molar-refractivity contribution >= 4 is 33.4 Å². The van der Waals surface area contributed by atoms with Gasteiger partial charge < -0.3 is 10.2 Å². The minimum absolute atomic E-state index is 0.0697. The molecule has 1 aliphatic rings. The third kappa shape index (κ3) is 3.82. The summed E-state index contributed by atoms with van der Waals surface area (Å²) in [7, 11) is 0. The number of likely N-dealkylation sites (tertiary alicyclic amines) is 1. The van der Waals surface area contributed by atoms with Crippen LogP contribution in [0.4, 0.5) is 5.69 Å². The topological polar surface area (TPSA) is 49.4 Å². The highest BCUT2D eigenvalue weighted by Gasteiger charge is 2.33. The number of amides is 2. The number of benzene rings is 1. The molecule has 4 nitrogen and oxygen atoms in total. The predicted molar refractivity (Wildman–Crippen MR) is 82.4 cm³/mol. The van der Waals surface area contributed by atoms with E-state index in [-0.39, 0.29) is 17.7 Å². The molecule has 0 aromatic heterocycles. The van der Waals surface area contributed by atoms with Crippen molar-refractivity contribution in [2.24, 2.45) is 5.92 Å². The average Bonchev–Trinajstić information content (AvgIpc) is 2.80. The van der Waals surface area contributed by atoms with Gasteiger partial charge in [-0.1, -0.05) is 29.3 Å². The van der Waals surface area contributed by atoms with Gasteiger partial charge in [0.05, 0.1) is 5.92 Å². The van der Waals surface area contributed by atoms with Crippen LogP contribution in [0.15, 0.2) is 28.7 Å². The third-order valence-corrected chi connectivity index (χ3v) is 4.01. The second-order valence-electron chi connectivity index (χ2n) is 5.09. The van der Waals surface area contributed by atoms with Crippen molar-refractivity contribution in [3.63, 3.8) is 0 Å². The Bertz CT molecular complexity index is 487. The van der Waals surface area contributed by atoms with Gasteiger partial charge in [-0.15, -0.1) is 0 Å². The minimum atomic E-state index is -0.233. The molecule has 20 heavy (non-hydrogen) atoms. The number of halogens is 1. The first kappa shape index (κ1) is 15.0. The lowest BCUT2D eigenvalue weighted by atomic mass is 10.1. The van der Waals surface area contributed by atoms with Gasteiger partial charge in [0.2, 0.25) is 11.8 Å². The zero-order valence-electron chi connectivity index (χ0n) is 11.6. The van der Waals surface area contributed by atoms with E-state index in [9.17, 15) is 9.59 Å². The fourth-order valence-electron chi connectivity index (χ4n) is 2.29. The molecular weight excluding hydrogens is 320 g/mol. The van der Waals surface area contributed by atoms with Crippen LogP contribution in [-0.4, -0.2) is 29.8 Å². The number of anilines is 1. The van der Waals surface area contributed by atoms with Gasteiger partial charge in [-0.25, -0.2) is 0 Å². The van der Waals surface area contributed by atoms with Crippen LogP contribution in [0.3, 0.4) is 0 Å². The predicted octanol–water partition coefficient (Wildman–Crippen LogP) is 3.04. The van der Waals surface area contributed by atoms with Crippen LogP contribution in [0.1, 0.15) is 26.2 Å². The number of carbonyl (C=O) groups is 2. The molecule has 0 saturated carbocycles. The van der Waals surface area contributed by atoms with Crippen LogP contribution < -0.4 is 5.32 Å². The van der Waals surface area contributed by atoms with Crippen molar-refractivity contribution in [2.45, 2.75) is 26.2 Å². The summed E-state index contributed by atoms with van der Waals surface area (Å²) in [6.45, 7) is 3.40. The van der Waals surface area contributed by atoms with Crippen molar-refractivity contribution in [3.8, 4) is 0 Å².